The van der Waals surface area contributed by atoms with E-state index in [0.29, 0.717) is 17.2 Å². The van der Waals surface area contributed by atoms with Crippen molar-refractivity contribution in [1.82, 2.24) is 5.32 Å². The summed E-state index contributed by atoms with van der Waals surface area (Å²) >= 11 is 5.83. The van der Waals surface area contributed by atoms with Gasteiger partial charge in [-0.05, 0) is 36.6 Å². The van der Waals surface area contributed by atoms with Gasteiger partial charge in [0, 0.05) is 5.02 Å². The van der Waals surface area contributed by atoms with Gasteiger partial charge in [-0.1, -0.05) is 54.1 Å². The molecule has 2 aromatic rings. The molecule has 0 aromatic heterocycles. The van der Waals surface area contributed by atoms with E-state index in [1.807, 2.05) is 30.3 Å². The summed E-state index contributed by atoms with van der Waals surface area (Å²) in [4.78, 5) is 11.9. The molecule has 2 rings (SSSR count). The number of benzene rings is 2. The summed E-state index contributed by atoms with van der Waals surface area (Å²) in [6.07, 6.45) is -0.0348. The fourth-order valence-electron chi connectivity index (χ4n) is 2.32. The largest absolute Gasteiger partial charge is 0.386 e. The van der Waals surface area contributed by atoms with E-state index < -0.39 is 12.1 Å². The van der Waals surface area contributed by atoms with Gasteiger partial charge in [-0.2, -0.15) is 0 Å². The Hall–Kier alpha value is -1.88. The smallest absolute Gasteiger partial charge is 0.246 e. The molecule has 0 saturated heterocycles. The Labute approximate surface area is 147 Å². The summed E-state index contributed by atoms with van der Waals surface area (Å²) in [5.74, 6) is -0.247. The van der Waals surface area contributed by atoms with E-state index in [4.69, 9.17) is 16.3 Å². The lowest BCUT2D eigenvalue weighted by Crippen LogP contribution is -2.39. The van der Waals surface area contributed by atoms with Gasteiger partial charge in [0.15, 0.2) is 0 Å². The van der Waals surface area contributed by atoms with Crippen molar-refractivity contribution in [2.75, 3.05) is 13.2 Å². The highest BCUT2D eigenvalue weighted by molar-refractivity contribution is 6.30. The van der Waals surface area contributed by atoms with E-state index in [9.17, 15) is 9.90 Å². The first-order valence-electron chi connectivity index (χ1n) is 7.91. The molecule has 2 aromatic carbocycles. The van der Waals surface area contributed by atoms with Gasteiger partial charge in [-0.25, -0.2) is 0 Å². The Morgan fingerprint density at radius 1 is 1.17 bits per heavy atom. The molecule has 2 unspecified atom stereocenters. The molecule has 128 valence electrons. The van der Waals surface area contributed by atoms with Crippen LogP contribution in [0.4, 0.5) is 0 Å². The van der Waals surface area contributed by atoms with Crippen LogP contribution >= 0.6 is 11.6 Å². The first-order valence-corrected chi connectivity index (χ1v) is 8.28. The average molecular weight is 348 g/mol. The van der Waals surface area contributed by atoms with Crippen LogP contribution in [0.5, 0.6) is 0 Å². The molecule has 2 N–H and O–H groups in total. The second-order valence-electron chi connectivity index (χ2n) is 5.64. The number of hydrogen-bond acceptors (Lipinski definition) is 3. The van der Waals surface area contributed by atoms with Crippen LogP contribution < -0.4 is 5.32 Å². The number of amides is 1. The molecule has 0 heterocycles. The SMILES string of the molecule is CC(NC(=O)COCCc1ccccc1)C(O)c1ccc(Cl)cc1. The maximum absolute atomic E-state index is 11.9. The van der Waals surface area contributed by atoms with Gasteiger partial charge in [0.2, 0.25) is 5.91 Å². The molecule has 4 nitrogen and oxygen atoms in total. The minimum atomic E-state index is -0.796. The van der Waals surface area contributed by atoms with Crippen LogP contribution in [-0.2, 0) is 16.0 Å². The van der Waals surface area contributed by atoms with Gasteiger partial charge >= 0.3 is 0 Å². The Kier molecular flexibility index (Phi) is 7.25. The zero-order valence-electron chi connectivity index (χ0n) is 13.6. The van der Waals surface area contributed by atoms with Gasteiger partial charge in [0.1, 0.15) is 6.61 Å². The zero-order valence-corrected chi connectivity index (χ0v) is 14.4. The molecule has 24 heavy (non-hydrogen) atoms. The molecule has 0 aliphatic rings. The molecule has 5 heteroatoms. The third kappa shape index (κ3) is 5.96. The molecule has 0 spiro atoms. The number of ether oxygens (including phenoxy) is 1. The Morgan fingerprint density at radius 2 is 1.83 bits per heavy atom. The molecular weight excluding hydrogens is 326 g/mol. The van der Waals surface area contributed by atoms with Crippen molar-refractivity contribution in [1.29, 1.82) is 0 Å². The number of carbonyl (C=O) groups excluding carboxylic acids is 1. The van der Waals surface area contributed by atoms with Crippen molar-refractivity contribution in [2.24, 2.45) is 0 Å². The van der Waals surface area contributed by atoms with E-state index in [1.54, 1.807) is 31.2 Å². The first-order chi connectivity index (χ1) is 11.6. The quantitative estimate of drug-likeness (QED) is 0.721. The van der Waals surface area contributed by atoms with Crippen LogP contribution in [-0.4, -0.2) is 30.3 Å². The van der Waals surface area contributed by atoms with Crippen molar-refractivity contribution in [3.05, 3.63) is 70.7 Å². The average Bonchev–Trinajstić information content (AvgIpc) is 2.59. The number of aliphatic hydroxyl groups excluding tert-OH is 1. The number of carbonyl (C=O) groups is 1. The van der Waals surface area contributed by atoms with Crippen LogP contribution in [0.3, 0.4) is 0 Å². The summed E-state index contributed by atoms with van der Waals surface area (Å²) in [7, 11) is 0. The van der Waals surface area contributed by atoms with E-state index in [2.05, 4.69) is 5.32 Å². The molecule has 0 bridgehead atoms. The molecule has 0 fully saturated rings. The van der Waals surface area contributed by atoms with Gasteiger partial charge in [-0.3, -0.25) is 4.79 Å². The number of rotatable bonds is 8. The lowest BCUT2D eigenvalue weighted by Gasteiger charge is -2.20. The summed E-state index contributed by atoms with van der Waals surface area (Å²) in [6, 6.07) is 16.4. The number of aliphatic hydroxyl groups is 1. The van der Waals surface area contributed by atoms with Crippen molar-refractivity contribution in [3.8, 4) is 0 Å². The summed E-state index contributed by atoms with van der Waals surface area (Å²) < 4.78 is 5.39. The van der Waals surface area contributed by atoms with Crippen molar-refractivity contribution in [2.45, 2.75) is 25.5 Å². The predicted molar refractivity (Wildman–Crippen MR) is 95.0 cm³/mol. The van der Waals surface area contributed by atoms with Crippen molar-refractivity contribution >= 4 is 17.5 Å². The van der Waals surface area contributed by atoms with E-state index in [0.717, 1.165) is 6.42 Å². The topological polar surface area (TPSA) is 58.6 Å². The van der Waals surface area contributed by atoms with Crippen LogP contribution in [0, 0.1) is 0 Å². The predicted octanol–water partition coefficient (Wildman–Crippen LogP) is 3.14. The normalized spacial score (nSPS) is 13.3. The highest BCUT2D eigenvalue weighted by Crippen LogP contribution is 2.19. The van der Waals surface area contributed by atoms with Gasteiger partial charge in [0.05, 0.1) is 18.8 Å². The van der Waals surface area contributed by atoms with Crippen molar-refractivity contribution in [3.63, 3.8) is 0 Å². The van der Waals surface area contributed by atoms with Gasteiger partial charge in [-0.15, -0.1) is 0 Å². The lowest BCUT2D eigenvalue weighted by atomic mass is 10.0. The Bertz CT molecular complexity index is 631. The molecule has 1 amide bonds. The van der Waals surface area contributed by atoms with Gasteiger partial charge < -0.3 is 15.2 Å². The highest BCUT2D eigenvalue weighted by atomic mass is 35.5. The first kappa shape index (κ1) is 18.5. The number of hydrogen-bond donors (Lipinski definition) is 2. The molecule has 0 aliphatic carbocycles. The van der Waals surface area contributed by atoms with Crippen LogP contribution in [0.15, 0.2) is 54.6 Å². The fourth-order valence-corrected chi connectivity index (χ4v) is 2.45. The second-order valence-corrected chi connectivity index (χ2v) is 6.08. The summed E-state index contributed by atoms with van der Waals surface area (Å²) in [5.41, 5.74) is 1.88. The Morgan fingerprint density at radius 3 is 2.50 bits per heavy atom. The highest BCUT2D eigenvalue weighted by Gasteiger charge is 2.18. The summed E-state index contributed by atoms with van der Waals surface area (Å²) in [5, 5.41) is 13.6. The maximum Gasteiger partial charge on any atom is 0.246 e. The van der Waals surface area contributed by atoms with E-state index in [1.165, 1.54) is 5.56 Å². The third-order valence-electron chi connectivity index (χ3n) is 3.68. The molecule has 2 atom stereocenters. The van der Waals surface area contributed by atoms with Crippen LogP contribution in [0.2, 0.25) is 5.02 Å². The molecular formula is C19H22ClNO3. The molecule has 0 radical (unpaired) electrons. The van der Waals surface area contributed by atoms with Crippen molar-refractivity contribution < 1.29 is 14.6 Å². The van der Waals surface area contributed by atoms with Gasteiger partial charge in [0.25, 0.3) is 0 Å². The summed E-state index contributed by atoms with van der Waals surface area (Å²) in [6.45, 7) is 2.21. The standard InChI is InChI=1S/C19H22ClNO3/c1-14(19(23)16-7-9-17(20)10-8-16)21-18(22)13-24-12-11-15-5-3-2-4-6-15/h2-10,14,19,23H,11-13H2,1H3,(H,21,22). The second kappa shape index (κ2) is 9.42. The molecule has 0 aliphatic heterocycles. The maximum atomic E-state index is 11.9. The third-order valence-corrected chi connectivity index (χ3v) is 3.94. The number of nitrogens with one attached hydrogen (secondary N) is 1. The monoisotopic (exact) mass is 347 g/mol. The molecule has 0 saturated carbocycles. The minimum Gasteiger partial charge on any atom is -0.386 e. The zero-order chi connectivity index (χ0) is 17.4. The lowest BCUT2D eigenvalue weighted by molar-refractivity contribution is -0.127. The van der Waals surface area contributed by atoms with Crippen LogP contribution in [0.25, 0.3) is 0 Å². The van der Waals surface area contributed by atoms with Crippen LogP contribution in [0.1, 0.15) is 24.2 Å². The fraction of sp³-hybridized carbons (Fsp3) is 0.316. The minimum absolute atomic E-state index is 0.0233. The van der Waals surface area contributed by atoms with E-state index >= 15 is 0 Å². The van der Waals surface area contributed by atoms with E-state index in [-0.39, 0.29) is 12.5 Å². The number of halogens is 1. The Balaban J connectivity index is 1.70.